The summed E-state index contributed by atoms with van der Waals surface area (Å²) in [5, 5.41) is 14.4. The van der Waals surface area contributed by atoms with Crippen LogP contribution in [0.2, 0.25) is 0 Å². The van der Waals surface area contributed by atoms with E-state index < -0.39 is 17.6 Å². The SMILES string of the molecule is CC#Cc1nnc2cccnn12.Cc1ccc(C(=O)Nc2ccc(CN3CCN(C)CC3)c(C(F)(F)F)c2)cc1. The summed E-state index contributed by atoms with van der Waals surface area (Å²) in [5.74, 6) is 5.70. The van der Waals surface area contributed by atoms with Crippen molar-refractivity contribution < 1.29 is 18.0 Å². The number of halogens is 3. The third-order valence-electron chi connectivity index (χ3n) is 6.39. The quantitative estimate of drug-likeness (QED) is 0.378. The second kappa shape index (κ2) is 12.7. The zero-order valence-electron chi connectivity index (χ0n) is 22.5. The fourth-order valence-corrected chi connectivity index (χ4v) is 4.14. The van der Waals surface area contributed by atoms with E-state index >= 15 is 0 Å². The lowest BCUT2D eigenvalue weighted by atomic mass is 10.0. The predicted octanol–water partition coefficient (Wildman–Crippen LogP) is 4.51. The Morgan fingerprint density at radius 2 is 1.75 bits per heavy atom. The molecule has 1 fully saturated rings. The predicted molar refractivity (Wildman–Crippen MR) is 147 cm³/mol. The van der Waals surface area contributed by atoms with Crippen molar-refractivity contribution in [1.29, 1.82) is 0 Å². The summed E-state index contributed by atoms with van der Waals surface area (Å²) in [6.07, 6.45) is -2.80. The molecule has 40 heavy (non-hydrogen) atoms. The van der Waals surface area contributed by atoms with Crippen LogP contribution in [0.4, 0.5) is 18.9 Å². The van der Waals surface area contributed by atoms with Gasteiger partial charge in [-0.2, -0.15) is 22.8 Å². The summed E-state index contributed by atoms with van der Waals surface area (Å²) >= 11 is 0. The number of aryl methyl sites for hydroxylation is 1. The molecule has 1 aliphatic rings. The van der Waals surface area contributed by atoms with Crippen LogP contribution in [0.3, 0.4) is 0 Å². The van der Waals surface area contributed by atoms with Gasteiger partial charge in [0.1, 0.15) is 0 Å². The lowest BCUT2D eigenvalue weighted by Crippen LogP contribution is -2.44. The Morgan fingerprint density at radius 1 is 1.02 bits per heavy atom. The number of likely N-dealkylation sites (N-methyl/N-ethyl adjacent to an activating group) is 1. The number of aromatic nitrogens is 4. The van der Waals surface area contributed by atoms with Gasteiger partial charge in [0.2, 0.25) is 5.82 Å². The molecule has 0 atom stereocenters. The highest BCUT2D eigenvalue weighted by molar-refractivity contribution is 6.04. The van der Waals surface area contributed by atoms with Gasteiger partial charge in [-0.3, -0.25) is 9.69 Å². The summed E-state index contributed by atoms with van der Waals surface area (Å²) in [7, 11) is 2.00. The van der Waals surface area contributed by atoms with Crippen LogP contribution < -0.4 is 5.32 Å². The second-order valence-electron chi connectivity index (χ2n) is 9.46. The third-order valence-corrected chi connectivity index (χ3v) is 6.39. The van der Waals surface area contributed by atoms with Crippen molar-refractivity contribution in [1.82, 2.24) is 29.6 Å². The second-order valence-corrected chi connectivity index (χ2v) is 9.46. The van der Waals surface area contributed by atoms with E-state index in [1.54, 1.807) is 41.9 Å². The van der Waals surface area contributed by atoms with Gasteiger partial charge in [0.05, 0.1) is 5.56 Å². The number of piperazine rings is 1. The maximum atomic E-state index is 13.6. The van der Waals surface area contributed by atoms with Crippen molar-refractivity contribution in [3.8, 4) is 11.8 Å². The first-order valence-electron chi connectivity index (χ1n) is 12.7. The standard InChI is InChI=1S/C21H24F3N3O.C8H6N4/c1-15-3-5-16(6-4-15)20(28)25-18-8-7-17(19(13-18)21(22,23)24)14-27-11-9-26(2)10-12-27;1-2-4-7-10-11-8-5-3-6-9-12(7)8/h3-8,13H,9-12,14H2,1-2H3,(H,25,28);3,5-6H,1H3. The number of anilines is 1. The highest BCUT2D eigenvalue weighted by Gasteiger charge is 2.34. The maximum Gasteiger partial charge on any atom is 0.416 e. The lowest BCUT2D eigenvalue weighted by Gasteiger charge is -2.33. The van der Waals surface area contributed by atoms with Gasteiger partial charge >= 0.3 is 6.18 Å². The van der Waals surface area contributed by atoms with E-state index in [1.165, 1.54) is 12.1 Å². The van der Waals surface area contributed by atoms with Gasteiger partial charge in [0.15, 0.2) is 5.65 Å². The molecule has 0 bridgehead atoms. The van der Waals surface area contributed by atoms with Crippen LogP contribution in [0, 0.1) is 18.8 Å². The van der Waals surface area contributed by atoms with Crippen LogP contribution in [0.15, 0.2) is 60.8 Å². The van der Waals surface area contributed by atoms with Crippen molar-refractivity contribution >= 4 is 17.2 Å². The van der Waals surface area contributed by atoms with Gasteiger partial charge < -0.3 is 10.2 Å². The number of carbonyl (C=O) groups excluding carboxylic acids is 1. The summed E-state index contributed by atoms with van der Waals surface area (Å²) < 4.78 is 42.4. The number of nitrogens with one attached hydrogen (secondary N) is 1. The molecule has 0 spiro atoms. The first-order chi connectivity index (χ1) is 19.1. The van der Waals surface area contributed by atoms with Crippen LogP contribution in [0.25, 0.3) is 5.65 Å². The Bertz CT molecular complexity index is 1510. The Balaban J connectivity index is 0.000000255. The molecule has 0 radical (unpaired) electrons. The Hall–Kier alpha value is -4.27. The Morgan fingerprint density at radius 3 is 2.42 bits per heavy atom. The van der Waals surface area contributed by atoms with E-state index in [2.05, 4.69) is 37.4 Å². The van der Waals surface area contributed by atoms with Crippen LogP contribution in [-0.4, -0.2) is 68.7 Å². The van der Waals surface area contributed by atoms with Gasteiger partial charge in [-0.15, -0.1) is 10.2 Å². The fraction of sp³-hybridized carbons (Fsp3) is 0.310. The average molecular weight is 550 g/mol. The summed E-state index contributed by atoms with van der Waals surface area (Å²) in [6, 6.07) is 14.5. The van der Waals surface area contributed by atoms with E-state index in [1.807, 2.05) is 31.0 Å². The third kappa shape index (κ3) is 7.43. The molecule has 3 heterocycles. The van der Waals surface area contributed by atoms with Crippen LogP contribution in [-0.2, 0) is 12.7 Å². The first-order valence-corrected chi connectivity index (χ1v) is 12.7. The van der Waals surface area contributed by atoms with Gasteiger partial charge in [-0.25, -0.2) is 0 Å². The molecule has 1 aliphatic heterocycles. The molecule has 1 amide bonds. The molecule has 1 saturated heterocycles. The molecule has 208 valence electrons. The molecule has 11 heteroatoms. The summed E-state index contributed by atoms with van der Waals surface area (Å²) in [5.41, 5.74) is 1.79. The zero-order valence-corrected chi connectivity index (χ0v) is 22.5. The number of amides is 1. The van der Waals surface area contributed by atoms with E-state index in [0.717, 1.165) is 43.5 Å². The van der Waals surface area contributed by atoms with Crippen LogP contribution in [0.1, 0.15) is 39.8 Å². The number of nitrogens with zero attached hydrogens (tertiary/aromatic N) is 6. The Kier molecular flexibility index (Phi) is 9.14. The molecule has 1 N–H and O–H groups in total. The number of hydrogen-bond donors (Lipinski definition) is 1. The van der Waals surface area contributed by atoms with Gasteiger partial charge in [0.25, 0.3) is 5.91 Å². The van der Waals surface area contributed by atoms with Gasteiger partial charge in [-0.05, 0) is 68.8 Å². The normalized spacial score (nSPS) is 14.2. The fourth-order valence-electron chi connectivity index (χ4n) is 4.14. The molecular weight excluding hydrogens is 519 g/mol. The lowest BCUT2D eigenvalue weighted by molar-refractivity contribution is -0.138. The molecule has 0 aliphatic carbocycles. The topological polar surface area (TPSA) is 78.7 Å². The van der Waals surface area contributed by atoms with Gasteiger partial charge in [-0.1, -0.05) is 29.7 Å². The number of carbonyl (C=O) groups is 1. The molecule has 8 nitrogen and oxygen atoms in total. The Labute approximate surface area is 230 Å². The first kappa shape index (κ1) is 28.7. The van der Waals surface area contributed by atoms with Crippen molar-refractivity contribution in [2.75, 3.05) is 38.5 Å². The molecule has 2 aromatic heterocycles. The smallest absolute Gasteiger partial charge is 0.322 e. The number of rotatable bonds is 4. The monoisotopic (exact) mass is 549 g/mol. The van der Waals surface area contributed by atoms with E-state index in [4.69, 9.17) is 0 Å². The highest BCUT2D eigenvalue weighted by atomic mass is 19.4. The molecule has 2 aromatic carbocycles. The average Bonchev–Trinajstić information content (AvgIpc) is 3.34. The minimum absolute atomic E-state index is 0.139. The highest BCUT2D eigenvalue weighted by Crippen LogP contribution is 2.34. The molecule has 0 unspecified atom stereocenters. The van der Waals surface area contributed by atoms with Crippen LogP contribution in [0.5, 0.6) is 0 Å². The van der Waals surface area contributed by atoms with E-state index in [9.17, 15) is 18.0 Å². The number of hydrogen-bond acceptors (Lipinski definition) is 6. The molecule has 0 saturated carbocycles. The largest absolute Gasteiger partial charge is 0.416 e. The van der Waals surface area contributed by atoms with Crippen LogP contribution >= 0.6 is 0 Å². The molecular formula is C29H30F3N7O. The van der Waals surface area contributed by atoms with Crippen molar-refractivity contribution in [3.05, 3.63) is 88.9 Å². The van der Waals surface area contributed by atoms with Crippen molar-refractivity contribution in [2.24, 2.45) is 0 Å². The number of benzene rings is 2. The maximum absolute atomic E-state index is 13.6. The van der Waals surface area contributed by atoms with Gasteiger partial charge in [0, 0.05) is 50.2 Å². The van der Waals surface area contributed by atoms with Crippen molar-refractivity contribution in [2.45, 2.75) is 26.6 Å². The number of alkyl halides is 3. The van der Waals surface area contributed by atoms with E-state index in [0.29, 0.717) is 11.4 Å². The minimum atomic E-state index is -4.48. The summed E-state index contributed by atoms with van der Waals surface area (Å²) in [6.45, 7) is 7.05. The van der Waals surface area contributed by atoms with Crippen molar-refractivity contribution in [3.63, 3.8) is 0 Å². The minimum Gasteiger partial charge on any atom is -0.322 e. The number of fused-ring (bicyclic) bond motifs is 1. The zero-order chi connectivity index (χ0) is 28.7. The molecule has 5 rings (SSSR count). The summed E-state index contributed by atoms with van der Waals surface area (Å²) in [4.78, 5) is 16.5. The van der Waals surface area contributed by atoms with E-state index in [-0.39, 0.29) is 17.8 Å². The molecule has 4 aromatic rings.